The molecule has 0 N–H and O–H groups in total. The van der Waals surface area contributed by atoms with E-state index in [0.717, 1.165) is 0 Å². The zero-order valence-corrected chi connectivity index (χ0v) is 18.3. The van der Waals surface area contributed by atoms with E-state index in [-0.39, 0.29) is 0 Å². The molecule has 1 fully saturated rings. The molecule has 104 valence electrons. The van der Waals surface area contributed by atoms with E-state index in [1.54, 1.807) is 10.6 Å². The molecule has 0 bridgehead atoms. The molecule has 3 rings (SSSR count). The summed E-state index contributed by atoms with van der Waals surface area (Å²) in [5.74, 6) is 0. The molecule has 0 aromatic heterocycles. The maximum absolute atomic E-state index is 3.67. The van der Waals surface area contributed by atoms with E-state index in [1.165, 1.54) is 0 Å². The van der Waals surface area contributed by atoms with Crippen molar-refractivity contribution in [3.8, 4) is 0 Å². The second-order valence-electron chi connectivity index (χ2n) is 5.35. The van der Waals surface area contributed by atoms with Crippen LogP contribution in [0.25, 0.3) is 0 Å². The van der Waals surface area contributed by atoms with E-state index in [9.17, 15) is 0 Å². The van der Waals surface area contributed by atoms with Gasteiger partial charge in [0.2, 0.25) is 0 Å². The molecule has 1 saturated heterocycles. The fourth-order valence-corrected chi connectivity index (χ4v) is 74.4. The molecule has 1 aliphatic heterocycles. The van der Waals surface area contributed by atoms with Gasteiger partial charge in [-0.25, -0.2) is 0 Å². The van der Waals surface area contributed by atoms with Crippen molar-refractivity contribution in [1.29, 1.82) is 0 Å². The van der Waals surface area contributed by atoms with Crippen molar-refractivity contribution >= 4 is 63.3 Å². The normalized spacial score (nSPS) is 31.5. The Morgan fingerprint density at radius 1 is 0.750 bits per heavy atom. The van der Waals surface area contributed by atoms with Gasteiger partial charge in [0, 0.05) is 0 Å². The van der Waals surface area contributed by atoms with Crippen LogP contribution in [0, 0.1) is 0 Å². The van der Waals surface area contributed by atoms with Crippen LogP contribution in [0.15, 0.2) is 60.7 Å². The molecule has 0 saturated carbocycles. The Morgan fingerprint density at radius 2 is 1.10 bits per heavy atom. The van der Waals surface area contributed by atoms with Crippen molar-refractivity contribution in [1.82, 2.24) is 0 Å². The van der Waals surface area contributed by atoms with Crippen molar-refractivity contribution in [2.24, 2.45) is 0 Å². The summed E-state index contributed by atoms with van der Waals surface area (Å²) in [6.07, 6.45) is 0. The Labute approximate surface area is 141 Å². The number of hydrogen-bond donors (Lipinski definition) is 0. The zero-order valence-electron chi connectivity index (χ0n) is 11.4. The van der Waals surface area contributed by atoms with Crippen molar-refractivity contribution in [3.63, 3.8) is 0 Å². The molecular formula is C15H16P2Se3. The second-order valence-corrected chi connectivity index (χ2v) is 35.7. The molecule has 1 heterocycles. The Hall–Kier alpha value is 0.858. The van der Waals surface area contributed by atoms with Crippen LogP contribution in [0.2, 0.25) is 0 Å². The van der Waals surface area contributed by atoms with Gasteiger partial charge in [0.25, 0.3) is 0 Å². The van der Waals surface area contributed by atoms with E-state index in [4.69, 9.17) is 0 Å². The molecule has 1 aliphatic rings. The molecule has 20 heavy (non-hydrogen) atoms. The molecule has 2 aromatic rings. The first-order valence-electron chi connectivity index (χ1n) is 6.45. The average Bonchev–Trinajstić information content (AvgIpc) is 2.48. The third-order valence-electron chi connectivity index (χ3n) is 3.86. The number of benzene rings is 2. The van der Waals surface area contributed by atoms with Gasteiger partial charge in [-0.3, -0.25) is 0 Å². The second kappa shape index (κ2) is 5.49. The van der Waals surface area contributed by atoms with E-state index in [0.29, 0.717) is 19.0 Å². The summed E-state index contributed by atoms with van der Waals surface area (Å²) >= 11 is 8.00. The van der Waals surface area contributed by atoms with Crippen LogP contribution in [0.4, 0.5) is 0 Å². The molecule has 0 amide bonds. The zero-order chi connectivity index (χ0) is 14.4. The van der Waals surface area contributed by atoms with E-state index >= 15 is 0 Å². The maximum atomic E-state index is 3.67. The Balaban J connectivity index is 2.08. The predicted octanol–water partition coefficient (Wildman–Crippen LogP) is 3.12. The molecular weight excluding hydrogens is 479 g/mol. The van der Waals surface area contributed by atoms with Gasteiger partial charge in [-0.1, -0.05) is 0 Å². The quantitative estimate of drug-likeness (QED) is 0.444. The van der Waals surface area contributed by atoms with Crippen LogP contribution >= 0.6 is 8.40 Å². The third kappa shape index (κ3) is 2.15. The summed E-state index contributed by atoms with van der Waals surface area (Å²) < 4.78 is -2.26. The predicted molar refractivity (Wildman–Crippen MR) is 97.3 cm³/mol. The molecule has 0 unspecified atom stereocenters. The van der Waals surface area contributed by atoms with Crippen LogP contribution in [0.5, 0.6) is 0 Å². The van der Waals surface area contributed by atoms with Gasteiger partial charge in [0.1, 0.15) is 0 Å². The Kier molecular flexibility index (Phi) is 4.32. The van der Waals surface area contributed by atoms with E-state index in [1.807, 2.05) is 0 Å². The minimum absolute atomic E-state index is 0.378. The van der Waals surface area contributed by atoms with E-state index < -0.39 is 8.40 Å². The standard InChI is InChI=1S/C15H16P2Se3/c1-15(2)16(18,13-9-5-3-6-10-13)20-17(15,19)14-11-7-4-8-12-14/h3-12H,1-2H3/t16-,17-/m1/s1. The van der Waals surface area contributed by atoms with Crippen LogP contribution < -0.4 is 10.6 Å². The van der Waals surface area contributed by atoms with Crippen molar-refractivity contribution in [2.45, 2.75) is 18.7 Å². The fourth-order valence-electron chi connectivity index (χ4n) is 2.48. The van der Waals surface area contributed by atoms with Crippen LogP contribution in [-0.2, 0) is 0 Å². The fraction of sp³-hybridized carbons (Fsp3) is 0.200. The van der Waals surface area contributed by atoms with Crippen molar-refractivity contribution in [2.75, 3.05) is 0 Å². The molecule has 0 radical (unpaired) electrons. The van der Waals surface area contributed by atoms with E-state index in [2.05, 4.69) is 105 Å². The first-order valence-corrected chi connectivity index (χ1v) is 18.9. The van der Waals surface area contributed by atoms with Gasteiger partial charge in [-0.05, 0) is 0 Å². The summed E-state index contributed by atoms with van der Waals surface area (Å²) in [5.41, 5.74) is 0. The van der Waals surface area contributed by atoms with Gasteiger partial charge >= 0.3 is 143 Å². The first kappa shape index (κ1) is 15.7. The third-order valence-corrected chi connectivity index (χ3v) is 54.6. The number of hydrogen-bond acceptors (Lipinski definition) is 0. The van der Waals surface area contributed by atoms with Crippen LogP contribution in [0.3, 0.4) is 0 Å². The van der Waals surface area contributed by atoms with Gasteiger partial charge < -0.3 is 0 Å². The van der Waals surface area contributed by atoms with Gasteiger partial charge in [0.05, 0.1) is 0 Å². The van der Waals surface area contributed by atoms with Crippen molar-refractivity contribution in [3.05, 3.63) is 60.7 Å². The first-order chi connectivity index (χ1) is 9.42. The average molecular weight is 495 g/mol. The molecule has 0 spiro atoms. The topological polar surface area (TPSA) is 0 Å². The minimum atomic E-state index is -1.13. The SMILES string of the molecule is CC1(C)[P@@](=[Se])(c2ccccc2)[Se][P@]1(=[Se])c1ccccc1. The van der Waals surface area contributed by atoms with Crippen LogP contribution in [0.1, 0.15) is 13.8 Å². The number of rotatable bonds is 2. The van der Waals surface area contributed by atoms with Crippen LogP contribution in [-0.4, -0.2) is 49.2 Å². The Morgan fingerprint density at radius 3 is 1.40 bits per heavy atom. The molecule has 5 heteroatoms. The molecule has 2 aromatic carbocycles. The van der Waals surface area contributed by atoms with Gasteiger partial charge in [-0.2, -0.15) is 0 Å². The summed E-state index contributed by atoms with van der Waals surface area (Å²) in [6.45, 7) is 4.96. The summed E-state index contributed by atoms with van der Waals surface area (Å²) in [6, 6.07) is 22.2. The monoisotopic (exact) mass is 498 g/mol. The van der Waals surface area contributed by atoms with Gasteiger partial charge in [0.15, 0.2) is 0 Å². The van der Waals surface area contributed by atoms with Crippen molar-refractivity contribution < 1.29 is 0 Å². The summed E-state index contributed by atoms with van der Waals surface area (Å²) in [5, 5.41) is 3.12. The molecule has 0 nitrogen and oxygen atoms in total. The Bertz CT molecular complexity index is 662. The van der Waals surface area contributed by atoms with Gasteiger partial charge in [-0.15, -0.1) is 0 Å². The summed E-state index contributed by atoms with van der Waals surface area (Å²) in [4.78, 5) is 0.378. The molecule has 2 atom stereocenters. The molecule has 0 aliphatic carbocycles. The summed E-state index contributed by atoms with van der Waals surface area (Å²) in [7, 11) is 0.